The van der Waals surface area contributed by atoms with E-state index < -0.39 is 0 Å². The predicted octanol–water partition coefficient (Wildman–Crippen LogP) is 1.69. The number of hydrogen-bond acceptors (Lipinski definition) is 5. The third-order valence-electron chi connectivity index (χ3n) is 4.78. The van der Waals surface area contributed by atoms with Gasteiger partial charge in [0.15, 0.2) is 5.82 Å². The van der Waals surface area contributed by atoms with E-state index in [-0.39, 0.29) is 12.0 Å². The summed E-state index contributed by atoms with van der Waals surface area (Å²) in [5.41, 5.74) is 2.72. The zero-order valence-corrected chi connectivity index (χ0v) is 13.6. The van der Waals surface area contributed by atoms with E-state index in [1.165, 1.54) is 0 Å². The van der Waals surface area contributed by atoms with Crippen molar-refractivity contribution in [3.05, 3.63) is 41.6 Å². The van der Waals surface area contributed by atoms with Crippen LogP contribution in [-0.4, -0.2) is 52.1 Å². The van der Waals surface area contributed by atoms with Gasteiger partial charge in [0, 0.05) is 44.0 Å². The number of rotatable bonds is 2. The Kier molecular flexibility index (Phi) is 3.69. The molecule has 4 rings (SSSR count). The molecular weight excluding hydrogens is 304 g/mol. The summed E-state index contributed by atoms with van der Waals surface area (Å²) in [5.74, 6) is 1.63. The van der Waals surface area contributed by atoms with Gasteiger partial charge in [-0.15, -0.1) is 0 Å². The van der Waals surface area contributed by atoms with E-state index in [1.807, 2.05) is 31.3 Å². The normalized spacial score (nSPS) is 18.2. The number of anilines is 1. The molecule has 2 aliphatic heterocycles. The fourth-order valence-corrected chi connectivity index (χ4v) is 3.36. The number of hydrogen-bond donors (Lipinski definition) is 1. The standard InChI is InChI=1S/C18H20N4O2/c1-21-11-13-10-12(2-3-15(13)18(21)24)17-19-7-4-16(20-17)22-8-5-14(23)6-9-22/h2-4,7,10,14,23H,5-6,8-9,11H2,1H3. The first-order chi connectivity index (χ1) is 11.6. The Hall–Kier alpha value is -2.47. The first-order valence-corrected chi connectivity index (χ1v) is 8.26. The van der Waals surface area contributed by atoms with E-state index in [0.29, 0.717) is 12.4 Å². The van der Waals surface area contributed by atoms with Crippen molar-refractivity contribution < 1.29 is 9.90 Å². The largest absolute Gasteiger partial charge is 0.393 e. The van der Waals surface area contributed by atoms with Crippen molar-refractivity contribution in [2.75, 3.05) is 25.0 Å². The van der Waals surface area contributed by atoms with Gasteiger partial charge in [0.05, 0.1) is 6.10 Å². The number of amides is 1. The summed E-state index contributed by atoms with van der Waals surface area (Å²) in [4.78, 5) is 25.0. The maximum atomic E-state index is 12.0. The van der Waals surface area contributed by atoms with Gasteiger partial charge in [0.2, 0.25) is 0 Å². The zero-order chi connectivity index (χ0) is 16.7. The Balaban J connectivity index is 1.63. The number of nitrogens with zero attached hydrogens (tertiary/aromatic N) is 4. The van der Waals surface area contributed by atoms with Gasteiger partial charge in [0.25, 0.3) is 5.91 Å². The predicted molar refractivity (Wildman–Crippen MR) is 90.7 cm³/mol. The van der Waals surface area contributed by atoms with Gasteiger partial charge in [-0.3, -0.25) is 4.79 Å². The lowest BCUT2D eigenvalue weighted by molar-refractivity contribution is 0.0816. The van der Waals surface area contributed by atoms with Crippen molar-refractivity contribution in [3.8, 4) is 11.4 Å². The molecule has 1 aromatic carbocycles. The number of aliphatic hydroxyl groups excluding tert-OH is 1. The fraction of sp³-hybridized carbons (Fsp3) is 0.389. The van der Waals surface area contributed by atoms with E-state index in [9.17, 15) is 9.90 Å². The Labute approximate surface area is 140 Å². The third-order valence-corrected chi connectivity index (χ3v) is 4.78. The maximum Gasteiger partial charge on any atom is 0.254 e. The lowest BCUT2D eigenvalue weighted by Crippen LogP contribution is -2.36. The number of carbonyl (C=O) groups excluding carboxylic acids is 1. The summed E-state index contributed by atoms with van der Waals surface area (Å²) < 4.78 is 0. The minimum Gasteiger partial charge on any atom is -0.393 e. The topological polar surface area (TPSA) is 69.6 Å². The minimum atomic E-state index is -0.200. The highest BCUT2D eigenvalue weighted by atomic mass is 16.3. The first-order valence-electron chi connectivity index (χ1n) is 8.26. The lowest BCUT2D eigenvalue weighted by Gasteiger charge is -2.30. The molecule has 1 amide bonds. The van der Waals surface area contributed by atoms with Crippen LogP contribution in [0, 0.1) is 0 Å². The number of piperidine rings is 1. The van der Waals surface area contributed by atoms with Crippen molar-refractivity contribution in [2.24, 2.45) is 0 Å². The second-order valence-electron chi connectivity index (χ2n) is 6.49. The molecule has 6 nitrogen and oxygen atoms in total. The molecule has 0 bridgehead atoms. The van der Waals surface area contributed by atoms with Crippen LogP contribution in [0.4, 0.5) is 5.82 Å². The number of fused-ring (bicyclic) bond motifs is 1. The van der Waals surface area contributed by atoms with E-state index in [2.05, 4.69) is 14.9 Å². The highest BCUT2D eigenvalue weighted by Gasteiger charge is 2.25. The summed E-state index contributed by atoms with van der Waals surface area (Å²) in [6.45, 7) is 2.24. The molecule has 3 heterocycles. The highest BCUT2D eigenvalue weighted by molar-refractivity contribution is 5.98. The molecular formula is C18H20N4O2. The van der Waals surface area contributed by atoms with Crippen LogP contribution in [-0.2, 0) is 6.54 Å². The minimum absolute atomic E-state index is 0.0677. The van der Waals surface area contributed by atoms with Gasteiger partial charge >= 0.3 is 0 Å². The fourth-order valence-electron chi connectivity index (χ4n) is 3.36. The third kappa shape index (κ3) is 2.63. The molecule has 1 fully saturated rings. The molecule has 0 radical (unpaired) electrons. The molecule has 0 aliphatic carbocycles. The van der Waals surface area contributed by atoms with Gasteiger partial charge in [-0.25, -0.2) is 9.97 Å². The Morgan fingerprint density at radius 2 is 2.00 bits per heavy atom. The summed E-state index contributed by atoms with van der Waals surface area (Å²) in [7, 11) is 1.81. The number of carbonyl (C=O) groups is 1. The van der Waals surface area contributed by atoms with Crippen LogP contribution in [0.2, 0.25) is 0 Å². The van der Waals surface area contributed by atoms with Crippen LogP contribution in [0.15, 0.2) is 30.5 Å². The monoisotopic (exact) mass is 324 g/mol. The van der Waals surface area contributed by atoms with Crippen LogP contribution in [0.5, 0.6) is 0 Å². The van der Waals surface area contributed by atoms with Crippen LogP contribution >= 0.6 is 0 Å². The summed E-state index contributed by atoms with van der Waals surface area (Å²) in [6.07, 6.45) is 3.11. The first kappa shape index (κ1) is 15.1. The Morgan fingerprint density at radius 1 is 1.21 bits per heavy atom. The molecule has 24 heavy (non-hydrogen) atoms. The van der Waals surface area contributed by atoms with Gasteiger partial charge in [-0.1, -0.05) is 6.07 Å². The summed E-state index contributed by atoms with van der Waals surface area (Å²) in [6, 6.07) is 7.69. The molecule has 1 aromatic heterocycles. The Morgan fingerprint density at radius 3 is 2.79 bits per heavy atom. The molecule has 0 unspecified atom stereocenters. The summed E-state index contributed by atoms with van der Waals surface area (Å²) >= 11 is 0. The molecule has 1 saturated heterocycles. The van der Waals surface area contributed by atoms with Crippen molar-refractivity contribution in [1.82, 2.24) is 14.9 Å². The molecule has 2 aliphatic rings. The quantitative estimate of drug-likeness (QED) is 0.910. The molecule has 1 N–H and O–H groups in total. The molecule has 2 aromatic rings. The van der Waals surface area contributed by atoms with Crippen molar-refractivity contribution in [3.63, 3.8) is 0 Å². The van der Waals surface area contributed by atoms with Crippen LogP contribution in [0.25, 0.3) is 11.4 Å². The highest BCUT2D eigenvalue weighted by Crippen LogP contribution is 2.27. The SMILES string of the molecule is CN1Cc2cc(-c3nccc(N4CCC(O)CC4)n3)ccc2C1=O. The number of benzene rings is 1. The average molecular weight is 324 g/mol. The smallest absolute Gasteiger partial charge is 0.254 e. The molecule has 0 saturated carbocycles. The second-order valence-corrected chi connectivity index (χ2v) is 6.49. The van der Waals surface area contributed by atoms with Crippen LogP contribution in [0.1, 0.15) is 28.8 Å². The summed E-state index contributed by atoms with van der Waals surface area (Å²) in [5, 5.41) is 9.65. The molecule has 0 atom stereocenters. The van der Waals surface area contributed by atoms with Crippen molar-refractivity contribution in [2.45, 2.75) is 25.5 Å². The molecule has 6 heteroatoms. The number of aromatic nitrogens is 2. The van der Waals surface area contributed by atoms with E-state index >= 15 is 0 Å². The van der Waals surface area contributed by atoms with E-state index in [4.69, 9.17) is 0 Å². The van der Waals surface area contributed by atoms with Crippen LogP contribution in [0.3, 0.4) is 0 Å². The van der Waals surface area contributed by atoms with Gasteiger partial charge < -0.3 is 14.9 Å². The zero-order valence-electron chi connectivity index (χ0n) is 13.6. The maximum absolute atomic E-state index is 12.0. The lowest BCUT2D eigenvalue weighted by atomic mass is 10.1. The van der Waals surface area contributed by atoms with Crippen molar-refractivity contribution >= 4 is 11.7 Å². The van der Waals surface area contributed by atoms with Gasteiger partial charge in [-0.2, -0.15) is 0 Å². The van der Waals surface area contributed by atoms with Crippen LogP contribution < -0.4 is 4.90 Å². The average Bonchev–Trinajstić information content (AvgIpc) is 2.89. The molecule has 124 valence electrons. The van der Waals surface area contributed by atoms with E-state index in [1.54, 1.807) is 11.1 Å². The van der Waals surface area contributed by atoms with Gasteiger partial charge in [0.1, 0.15) is 5.82 Å². The number of aliphatic hydroxyl groups is 1. The van der Waals surface area contributed by atoms with Crippen molar-refractivity contribution in [1.29, 1.82) is 0 Å². The molecule has 0 spiro atoms. The van der Waals surface area contributed by atoms with E-state index in [0.717, 1.165) is 48.4 Å². The Bertz CT molecular complexity index is 784. The second kappa shape index (κ2) is 5.87. The van der Waals surface area contributed by atoms with Gasteiger partial charge in [-0.05, 0) is 36.6 Å².